The van der Waals surface area contributed by atoms with E-state index in [4.69, 9.17) is 11.6 Å². The summed E-state index contributed by atoms with van der Waals surface area (Å²) < 4.78 is 0. The second-order valence-corrected chi connectivity index (χ2v) is 1.59. The summed E-state index contributed by atoms with van der Waals surface area (Å²) in [6.45, 7) is 6.96. The Balaban J connectivity index is 3.58. The standard InChI is InChI=1S/C5H8ClN/c1-4(6)5(2)7-3/h7H,1-2H2,3H3. The third kappa shape index (κ3) is 2.29. The second-order valence-electron chi connectivity index (χ2n) is 1.13. The molecule has 0 unspecified atom stereocenters. The predicted molar refractivity (Wildman–Crippen MR) is 33.2 cm³/mol. The Hall–Kier alpha value is -0.430. The summed E-state index contributed by atoms with van der Waals surface area (Å²) in [5, 5.41) is 3.20. The van der Waals surface area contributed by atoms with Crippen molar-refractivity contribution in [3.8, 4) is 0 Å². The highest BCUT2D eigenvalue weighted by molar-refractivity contribution is 6.31. The maximum Gasteiger partial charge on any atom is 0.0559 e. The van der Waals surface area contributed by atoms with Crippen LogP contribution in [0.4, 0.5) is 0 Å². The van der Waals surface area contributed by atoms with Gasteiger partial charge in [0.2, 0.25) is 0 Å². The number of hydrogen-bond acceptors (Lipinski definition) is 1. The van der Waals surface area contributed by atoms with Crippen molar-refractivity contribution in [2.24, 2.45) is 0 Å². The van der Waals surface area contributed by atoms with E-state index in [0.29, 0.717) is 10.7 Å². The van der Waals surface area contributed by atoms with Gasteiger partial charge in [0, 0.05) is 12.7 Å². The first kappa shape index (κ1) is 6.57. The van der Waals surface area contributed by atoms with Gasteiger partial charge in [-0.3, -0.25) is 0 Å². The van der Waals surface area contributed by atoms with Crippen LogP contribution < -0.4 is 5.32 Å². The first-order valence-electron chi connectivity index (χ1n) is 1.90. The molecule has 0 aromatic carbocycles. The van der Waals surface area contributed by atoms with Crippen LogP contribution in [0.1, 0.15) is 0 Å². The Morgan fingerprint density at radius 2 is 2.00 bits per heavy atom. The average molecular weight is 118 g/mol. The van der Waals surface area contributed by atoms with Gasteiger partial charge in [-0.15, -0.1) is 0 Å². The number of nitrogens with one attached hydrogen (secondary N) is 1. The van der Waals surface area contributed by atoms with E-state index in [2.05, 4.69) is 18.5 Å². The van der Waals surface area contributed by atoms with Gasteiger partial charge in [0.05, 0.1) is 5.03 Å². The Labute approximate surface area is 48.7 Å². The lowest BCUT2D eigenvalue weighted by atomic mass is 10.5. The van der Waals surface area contributed by atoms with Crippen molar-refractivity contribution in [2.75, 3.05) is 7.05 Å². The Kier molecular flexibility index (Phi) is 2.53. The van der Waals surface area contributed by atoms with E-state index in [1.807, 2.05) is 0 Å². The van der Waals surface area contributed by atoms with E-state index >= 15 is 0 Å². The molecule has 0 bridgehead atoms. The van der Waals surface area contributed by atoms with Crippen LogP contribution in [0, 0.1) is 0 Å². The van der Waals surface area contributed by atoms with Crippen LogP contribution in [-0.4, -0.2) is 7.05 Å². The summed E-state index contributed by atoms with van der Waals surface area (Å²) in [6.07, 6.45) is 0. The molecule has 0 aliphatic carbocycles. The molecule has 0 radical (unpaired) electrons. The molecule has 7 heavy (non-hydrogen) atoms. The first-order valence-corrected chi connectivity index (χ1v) is 2.27. The van der Waals surface area contributed by atoms with Crippen molar-refractivity contribution in [1.82, 2.24) is 5.32 Å². The van der Waals surface area contributed by atoms with Gasteiger partial charge >= 0.3 is 0 Å². The summed E-state index contributed by atoms with van der Waals surface area (Å²) in [4.78, 5) is 0. The number of rotatable bonds is 2. The van der Waals surface area contributed by atoms with E-state index in [1.165, 1.54) is 0 Å². The zero-order valence-electron chi connectivity index (χ0n) is 4.29. The fourth-order valence-corrected chi connectivity index (χ4v) is 0.230. The highest BCUT2D eigenvalue weighted by Gasteiger charge is 1.86. The molecule has 0 heterocycles. The average Bonchev–Trinajstić information content (AvgIpc) is 1.65. The van der Waals surface area contributed by atoms with E-state index in [0.717, 1.165) is 0 Å². The van der Waals surface area contributed by atoms with Crippen LogP contribution in [0.15, 0.2) is 23.9 Å². The van der Waals surface area contributed by atoms with Crippen molar-refractivity contribution >= 4 is 11.6 Å². The fraction of sp³-hybridized carbons (Fsp3) is 0.200. The number of halogens is 1. The molecule has 2 heteroatoms. The summed E-state index contributed by atoms with van der Waals surface area (Å²) in [5.41, 5.74) is 0.668. The van der Waals surface area contributed by atoms with E-state index < -0.39 is 0 Å². The lowest BCUT2D eigenvalue weighted by Gasteiger charge is -1.97. The Morgan fingerprint density at radius 1 is 1.57 bits per heavy atom. The maximum absolute atomic E-state index is 5.37. The topological polar surface area (TPSA) is 12.0 Å². The summed E-state index contributed by atoms with van der Waals surface area (Å²) in [5.74, 6) is 0. The molecule has 0 saturated carbocycles. The van der Waals surface area contributed by atoms with Gasteiger partial charge in [-0.2, -0.15) is 0 Å². The minimum atomic E-state index is 0.461. The minimum Gasteiger partial charge on any atom is -0.387 e. The Bertz CT molecular complexity index is 96.3. The van der Waals surface area contributed by atoms with Gasteiger partial charge < -0.3 is 5.32 Å². The van der Waals surface area contributed by atoms with Gasteiger partial charge in [-0.25, -0.2) is 0 Å². The van der Waals surface area contributed by atoms with Crippen molar-refractivity contribution in [3.63, 3.8) is 0 Å². The molecule has 0 saturated heterocycles. The number of likely N-dealkylation sites (N-methyl/N-ethyl adjacent to an activating group) is 1. The molecule has 0 aliphatic heterocycles. The lowest BCUT2D eigenvalue weighted by molar-refractivity contribution is 1.03. The summed E-state index contributed by atoms with van der Waals surface area (Å²) in [6, 6.07) is 0. The predicted octanol–water partition coefficient (Wildman–Crippen LogP) is 1.47. The largest absolute Gasteiger partial charge is 0.387 e. The van der Waals surface area contributed by atoms with Gasteiger partial charge in [0.1, 0.15) is 0 Å². The van der Waals surface area contributed by atoms with E-state index in [1.54, 1.807) is 7.05 Å². The monoisotopic (exact) mass is 117 g/mol. The second kappa shape index (κ2) is 2.69. The highest BCUT2D eigenvalue weighted by Crippen LogP contribution is 2.03. The molecule has 0 aliphatic rings. The molecule has 0 atom stereocenters. The molecule has 0 aromatic heterocycles. The fourth-order valence-electron chi connectivity index (χ4n) is 0.136. The minimum absolute atomic E-state index is 0.461. The summed E-state index contributed by atoms with van der Waals surface area (Å²) >= 11 is 5.37. The quantitative estimate of drug-likeness (QED) is 0.540. The SMILES string of the molecule is C=C(Cl)C(=C)NC. The molecule has 0 spiro atoms. The van der Waals surface area contributed by atoms with Crippen LogP contribution in [0.5, 0.6) is 0 Å². The van der Waals surface area contributed by atoms with Gasteiger partial charge in [-0.1, -0.05) is 24.8 Å². The number of hydrogen-bond donors (Lipinski definition) is 1. The zero-order valence-corrected chi connectivity index (χ0v) is 5.05. The van der Waals surface area contributed by atoms with E-state index in [9.17, 15) is 0 Å². The molecule has 0 aromatic rings. The smallest absolute Gasteiger partial charge is 0.0559 e. The molecule has 0 fully saturated rings. The van der Waals surface area contributed by atoms with Gasteiger partial charge in [0.25, 0.3) is 0 Å². The van der Waals surface area contributed by atoms with Crippen LogP contribution in [0.3, 0.4) is 0 Å². The van der Waals surface area contributed by atoms with Crippen LogP contribution in [0.2, 0.25) is 0 Å². The van der Waals surface area contributed by atoms with Crippen molar-refractivity contribution < 1.29 is 0 Å². The van der Waals surface area contributed by atoms with Crippen molar-refractivity contribution in [3.05, 3.63) is 23.9 Å². The Morgan fingerprint density at radius 3 is 2.00 bits per heavy atom. The molecule has 0 rings (SSSR count). The molecule has 1 nitrogen and oxygen atoms in total. The van der Waals surface area contributed by atoms with Gasteiger partial charge in [0.15, 0.2) is 0 Å². The van der Waals surface area contributed by atoms with Crippen molar-refractivity contribution in [1.29, 1.82) is 0 Å². The molecule has 0 amide bonds. The molecule has 40 valence electrons. The molecular weight excluding hydrogens is 110 g/mol. The third-order valence-electron chi connectivity index (χ3n) is 0.629. The van der Waals surface area contributed by atoms with Gasteiger partial charge in [-0.05, 0) is 0 Å². The van der Waals surface area contributed by atoms with Crippen molar-refractivity contribution in [2.45, 2.75) is 0 Å². The van der Waals surface area contributed by atoms with Crippen LogP contribution in [0.25, 0.3) is 0 Å². The highest BCUT2D eigenvalue weighted by atomic mass is 35.5. The third-order valence-corrected chi connectivity index (χ3v) is 0.857. The van der Waals surface area contributed by atoms with Crippen LogP contribution in [-0.2, 0) is 0 Å². The lowest BCUT2D eigenvalue weighted by Crippen LogP contribution is -2.02. The molecule has 1 N–H and O–H groups in total. The normalized spacial score (nSPS) is 7.71. The zero-order chi connectivity index (χ0) is 5.86. The molecular formula is C5H8ClN. The maximum atomic E-state index is 5.37. The van der Waals surface area contributed by atoms with Crippen LogP contribution >= 0.6 is 11.6 Å². The summed E-state index contributed by atoms with van der Waals surface area (Å²) in [7, 11) is 1.75. The first-order chi connectivity index (χ1) is 3.18. The van der Waals surface area contributed by atoms with E-state index in [-0.39, 0.29) is 0 Å². The number of allylic oxidation sites excluding steroid dienone is 1.